The smallest absolute Gasteiger partial charge is 0.146 e. The lowest BCUT2D eigenvalue weighted by molar-refractivity contribution is -0.118. The van der Waals surface area contributed by atoms with Gasteiger partial charge in [-0.15, -0.1) is 0 Å². The SMILES string of the molecule is CC(=O)[C@@H]1CCCN1.[HH]. The highest BCUT2D eigenvalue weighted by Crippen LogP contribution is 2.04. The van der Waals surface area contributed by atoms with Crippen LogP contribution < -0.4 is 5.32 Å². The van der Waals surface area contributed by atoms with E-state index in [0.717, 1.165) is 19.4 Å². The number of Topliss-reactive ketones (excluding diaryl/α,β-unsaturated/α-hetero) is 1. The first-order valence-electron chi connectivity index (χ1n) is 3.04. The summed E-state index contributed by atoms with van der Waals surface area (Å²) in [5.41, 5.74) is 0. The van der Waals surface area contributed by atoms with Crippen LogP contribution in [0, 0.1) is 0 Å². The van der Waals surface area contributed by atoms with Crippen molar-refractivity contribution in [2.24, 2.45) is 0 Å². The van der Waals surface area contributed by atoms with Gasteiger partial charge in [0.25, 0.3) is 0 Å². The second kappa shape index (κ2) is 2.27. The molecule has 0 radical (unpaired) electrons. The summed E-state index contributed by atoms with van der Waals surface area (Å²) in [6, 6.07) is 0.176. The Kier molecular flexibility index (Phi) is 1.63. The first-order chi connectivity index (χ1) is 3.80. The lowest BCUT2D eigenvalue weighted by Crippen LogP contribution is -2.28. The summed E-state index contributed by atoms with van der Waals surface area (Å²) in [5, 5.41) is 3.11. The van der Waals surface area contributed by atoms with Crippen LogP contribution in [0.1, 0.15) is 21.2 Å². The van der Waals surface area contributed by atoms with Gasteiger partial charge in [-0.25, -0.2) is 0 Å². The Hall–Kier alpha value is -0.370. The van der Waals surface area contributed by atoms with Crippen molar-refractivity contribution in [2.75, 3.05) is 6.54 Å². The molecular weight excluding hydrogens is 102 g/mol. The van der Waals surface area contributed by atoms with Crippen molar-refractivity contribution in [2.45, 2.75) is 25.8 Å². The van der Waals surface area contributed by atoms with Gasteiger partial charge in [-0.1, -0.05) is 0 Å². The fourth-order valence-electron chi connectivity index (χ4n) is 1.03. The van der Waals surface area contributed by atoms with Gasteiger partial charge in [-0.2, -0.15) is 0 Å². The van der Waals surface area contributed by atoms with Crippen molar-refractivity contribution in [1.82, 2.24) is 5.32 Å². The average molecular weight is 115 g/mol. The number of hydrogen-bond acceptors (Lipinski definition) is 2. The Bertz CT molecular complexity index is 99.2. The zero-order chi connectivity index (χ0) is 5.98. The van der Waals surface area contributed by atoms with Crippen LogP contribution in [0.2, 0.25) is 0 Å². The molecule has 1 rings (SSSR count). The van der Waals surface area contributed by atoms with Crippen molar-refractivity contribution in [3.63, 3.8) is 0 Å². The summed E-state index contributed by atoms with van der Waals surface area (Å²) < 4.78 is 0. The first-order valence-corrected chi connectivity index (χ1v) is 3.04. The third-order valence-corrected chi connectivity index (χ3v) is 1.55. The van der Waals surface area contributed by atoms with Gasteiger partial charge in [-0.05, 0) is 26.3 Å². The summed E-state index contributed by atoms with van der Waals surface area (Å²) in [5.74, 6) is 0.280. The second-order valence-corrected chi connectivity index (χ2v) is 2.26. The van der Waals surface area contributed by atoms with Gasteiger partial charge in [0.05, 0.1) is 6.04 Å². The topological polar surface area (TPSA) is 29.1 Å². The number of hydrogen-bond donors (Lipinski definition) is 1. The van der Waals surface area contributed by atoms with E-state index in [1.807, 2.05) is 0 Å². The molecular formula is C6H13NO. The van der Waals surface area contributed by atoms with Crippen molar-refractivity contribution in [1.29, 1.82) is 0 Å². The molecule has 48 valence electrons. The van der Waals surface area contributed by atoms with E-state index in [4.69, 9.17) is 0 Å². The van der Waals surface area contributed by atoms with Crippen LogP contribution in [0.15, 0.2) is 0 Å². The predicted octanol–water partition coefficient (Wildman–Crippen LogP) is 0.573. The molecule has 0 unspecified atom stereocenters. The molecule has 0 amide bonds. The van der Waals surface area contributed by atoms with Crippen LogP contribution in [0.5, 0.6) is 0 Å². The van der Waals surface area contributed by atoms with Crippen molar-refractivity contribution in [3.8, 4) is 0 Å². The third-order valence-electron chi connectivity index (χ3n) is 1.55. The maximum Gasteiger partial charge on any atom is 0.146 e. The molecule has 0 aromatic carbocycles. The molecule has 0 spiro atoms. The van der Waals surface area contributed by atoms with Gasteiger partial charge < -0.3 is 5.32 Å². The van der Waals surface area contributed by atoms with Crippen LogP contribution in [0.3, 0.4) is 0 Å². The van der Waals surface area contributed by atoms with Crippen LogP contribution >= 0.6 is 0 Å². The number of carbonyl (C=O) groups excluding carboxylic acids is 1. The van der Waals surface area contributed by atoms with E-state index in [0.29, 0.717) is 0 Å². The van der Waals surface area contributed by atoms with E-state index in [-0.39, 0.29) is 13.3 Å². The zero-order valence-electron chi connectivity index (χ0n) is 5.11. The maximum absolute atomic E-state index is 10.6. The van der Waals surface area contributed by atoms with Gasteiger partial charge in [0, 0.05) is 1.43 Å². The monoisotopic (exact) mass is 115 g/mol. The van der Waals surface area contributed by atoms with Crippen LogP contribution in [-0.2, 0) is 4.79 Å². The first kappa shape index (κ1) is 5.76. The Morgan fingerprint density at radius 2 is 2.62 bits per heavy atom. The van der Waals surface area contributed by atoms with Crippen LogP contribution in [-0.4, -0.2) is 18.4 Å². The molecule has 1 fully saturated rings. The van der Waals surface area contributed by atoms with E-state index in [2.05, 4.69) is 5.32 Å². The normalized spacial score (nSPS) is 28.4. The van der Waals surface area contributed by atoms with Gasteiger partial charge in [0.15, 0.2) is 0 Å². The van der Waals surface area contributed by atoms with Crippen LogP contribution in [0.25, 0.3) is 0 Å². The van der Waals surface area contributed by atoms with E-state index >= 15 is 0 Å². The van der Waals surface area contributed by atoms with Crippen molar-refractivity contribution >= 4 is 5.78 Å². The molecule has 1 N–H and O–H groups in total. The number of rotatable bonds is 1. The minimum absolute atomic E-state index is 0. The van der Waals surface area contributed by atoms with Gasteiger partial charge >= 0.3 is 0 Å². The molecule has 0 aromatic heterocycles. The minimum Gasteiger partial charge on any atom is -0.307 e. The molecule has 2 nitrogen and oxygen atoms in total. The highest BCUT2D eigenvalue weighted by molar-refractivity contribution is 5.81. The standard InChI is InChI=1S/C6H11NO.H2/c1-5(8)6-3-2-4-7-6;/h6-7H,2-4H2,1H3;1H/t6-;/m0./s1. The summed E-state index contributed by atoms with van der Waals surface area (Å²) in [6.07, 6.45) is 2.19. The maximum atomic E-state index is 10.6. The Balaban J connectivity index is 0.000000640. The number of carbonyl (C=O) groups is 1. The number of nitrogens with one attached hydrogen (secondary N) is 1. The lowest BCUT2D eigenvalue weighted by atomic mass is 10.2. The van der Waals surface area contributed by atoms with E-state index in [1.54, 1.807) is 6.92 Å². The predicted molar refractivity (Wildman–Crippen MR) is 33.8 cm³/mol. The molecule has 0 aliphatic carbocycles. The third kappa shape index (κ3) is 1.07. The summed E-state index contributed by atoms with van der Waals surface area (Å²) in [6.45, 7) is 2.66. The molecule has 1 heterocycles. The highest BCUT2D eigenvalue weighted by atomic mass is 16.1. The molecule has 1 saturated heterocycles. The molecule has 0 bridgehead atoms. The Labute approximate surface area is 50.8 Å². The molecule has 1 aliphatic rings. The molecule has 1 atom stereocenters. The zero-order valence-corrected chi connectivity index (χ0v) is 5.11. The Morgan fingerprint density at radius 3 is 2.88 bits per heavy atom. The van der Waals surface area contributed by atoms with Gasteiger partial charge in [-0.3, -0.25) is 4.79 Å². The van der Waals surface area contributed by atoms with E-state index < -0.39 is 0 Å². The van der Waals surface area contributed by atoms with Crippen molar-refractivity contribution < 1.29 is 6.22 Å². The molecule has 8 heavy (non-hydrogen) atoms. The van der Waals surface area contributed by atoms with Gasteiger partial charge in [0.1, 0.15) is 5.78 Å². The average Bonchev–Trinajstić information content (AvgIpc) is 2.12. The van der Waals surface area contributed by atoms with Crippen LogP contribution in [0.4, 0.5) is 0 Å². The fraction of sp³-hybridized carbons (Fsp3) is 0.833. The minimum atomic E-state index is 0. The molecule has 2 heteroatoms. The van der Waals surface area contributed by atoms with Gasteiger partial charge in [0.2, 0.25) is 0 Å². The Morgan fingerprint density at radius 1 is 1.88 bits per heavy atom. The molecule has 0 aromatic rings. The lowest BCUT2D eigenvalue weighted by Gasteiger charge is -2.01. The summed E-state index contributed by atoms with van der Waals surface area (Å²) in [7, 11) is 0. The van der Waals surface area contributed by atoms with E-state index in [1.165, 1.54) is 0 Å². The molecule has 1 aliphatic heterocycles. The summed E-state index contributed by atoms with van der Waals surface area (Å²) in [4.78, 5) is 10.6. The fourth-order valence-corrected chi connectivity index (χ4v) is 1.03. The summed E-state index contributed by atoms with van der Waals surface area (Å²) >= 11 is 0. The molecule has 0 saturated carbocycles. The second-order valence-electron chi connectivity index (χ2n) is 2.26. The van der Waals surface area contributed by atoms with E-state index in [9.17, 15) is 4.79 Å². The number of ketones is 1. The highest BCUT2D eigenvalue weighted by Gasteiger charge is 2.17. The quantitative estimate of drug-likeness (QED) is 0.541. The largest absolute Gasteiger partial charge is 0.307 e. The van der Waals surface area contributed by atoms with Crippen molar-refractivity contribution in [3.05, 3.63) is 0 Å².